The highest BCUT2D eigenvalue weighted by Gasteiger charge is 2.40. The quantitative estimate of drug-likeness (QED) is 0.630. The van der Waals surface area contributed by atoms with Gasteiger partial charge in [-0.05, 0) is 12.5 Å². The summed E-state index contributed by atoms with van der Waals surface area (Å²) in [6.45, 7) is 2.76. The third kappa shape index (κ3) is 2.27. The van der Waals surface area contributed by atoms with Gasteiger partial charge in [0.1, 0.15) is 4.32 Å². The van der Waals surface area contributed by atoms with Gasteiger partial charge in [0.15, 0.2) is 0 Å². The van der Waals surface area contributed by atoms with Crippen LogP contribution in [0.15, 0.2) is 29.2 Å². The maximum absolute atomic E-state index is 12.9. The molecule has 2 amide bonds. The molecule has 0 aromatic heterocycles. The molecule has 1 fully saturated rings. The second kappa shape index (κ2) is 5.85. The van der Waals surface area contributed by atoms with Gasteiger partial charge >= 0.3 is 0 Å². The second-order valence-electron chi connectivity index (χ2n) is 5.26. The average Bonchev–Trinajstić information content (AvgIpc) is 2.93. The lowest BCUT2D eigenvalue weighted by atomic mass is 10.1. The van der Waals surface area contributed by atoms with E-state index in [-0.39, 0.29) is 11.8 Å². The van der Waals surface area contributed by atoms with Crippen molar-refractivity contribution < 1.29 is 9.59 Å². The number of carbonyl (C=O) groups is 2. The molecule has 0 radical (unpaired) electrons. The molecule has 0 bridgehead atoms. The molecule has 0 N–H and O–H groups in total. The van der Waals surface area contributed by atoms with Crippen molar-refractivity contribution in [2.45, 2.75) is 19.8 Å². The molecule has 0 spiro atoms. The average molecular weight is 332 g/mol. The van der Waals surface area contributed by atoms with E-state index in [1.807, 2.05) is 24.3 Å². The fraction of sp³-hybridized carbons (Fsp3) is 0.312. The van der Waals surface area contributed by atoms with Gasteiger partial charge < -0.3 is 4.90 Å². The van der Waals surface area contributed by atoms with E-state index in [0.717, 1.165) is 24.1 Å². The Morgan fingerprint density at radius 3 is 2.55 bits per heavy atom. The summed E-state index contributed by atoms with van der Waals surface area (Å²) < 4.78 is 0.491. The number of amides is 2. The summed E-state index contributed by atoms with van der Waals surface area (Å²) in [6.07, 6.45) is 1.94. The molecule has 2 aliphatic heterocycles. The van der Waals surface area contributed by atoms with Crippen LogP contribution in [0.4, 0.5) is 5.69 Å². The van der Waals surface area contributed by atoms with Gasteiger partial charge in [-0.3, -0.25) is 14.5 Å². The van der Waals surface area contributed by atoms with Gasteiger partial charge in [0.05, 0.1) is 16.2 Å². The molecule has 1 saturated heterocycles. The highest BCUT2D eigenvalue weighted by Crippen LogP contribution is 2.44. The van der Waals surface area contributed by atoms with Crippen LogP contribution in [0, 0.1) is 0 Å². The normalized spacial score (nSPS) is 21.1. The van der Waals surface area contributed by atoms with E-state index < -0.39 is 0 Å². The summed E-state index contributed by atoms with van der Waals surface area (Å²) in [5, 5.41) is 0. The Morgan fingerprint density at radius 2 is 1.91 bits per heavy atom. The smallest absolute Gasteiger partial charge is 0.266 e. The van der Waals surface area contributed by atoms with Crippen molar-refractivity contribution in [1.29, 1.82) is 0 Å². The molecular weight excluding hydrogens is 316 g/mol. The van der Waals surface area contributed by atoms with E-state index in [0.29, 0.717) is 21.3 Å². The fourth-order valence-electron chi connectivity index (χ4n) is 2.63. The molecule has 1 aromatic rings. The van der Waals surface area contributed by atoms with Crippen molar-refractivity contribution in [2.75, 3.05) is 18.5 Å². The van der Waals surface area contributed by atoms with E-state index >= 15 is 0 Å². The van der Waals surface area contributed by atoms with Crippen LogP contribution in [0.25, 0.3) is 5.57 Å². The van der Waals surface area contributed by atoms with Gasteiger partial charge in [0, 0.05) is 19.2 Å². The van der Waals surface area contributed by atoms with Crippen LogP contribution < -0.4 is 4.90 Å². The van der Waals surface area contributed by atoms with Crippen molar-refractivity contribution in [3.8, 4) is 0 Å². The van der Waals surface area contributed by atoms with Crippen LogP contribution >= 0.6 is 24.0 Å². The number of unbranched alkanes of at least 4 members (excludes halogenated alkanes) is 1. The van der Waals surface area contributed by atoms with Crippen LogP contribution in [-0.4, -0.2) is 34.6 Å². The number of likely N-dealkylation sites (N-methyl/N-ethyl adjacent to an activating group) is 1. The van der Waals surface area contributed by atoms with Crippen molar-refractivity contribution >= 4 is 51.4 Å². The molecular formula is C16H16N2O2S2. The number of benzene rings is 1. The van der Waals surface area contributed by atoms with E-state index in [4.69, 9.17) is 12.2 Å². The molecule has 114 valence electrons. The van der Waals surface area contributed by atoms with Gasteiger partial charge in [-0.2, -0.15) is 0 Å². The number of anilines is 1. The number of rotatable bonds is 3. The monoisotopic (exact) mass is 332 g/mol. The molecule has 0 unspecified atom stereocenters. The first-order valence-electron chi connectivity index (χ1n) is 7.21. The van der Waals surface area contributed by atoms with Crippen LogP contribution in [0.5, 0.6) is 0 Å². The van der Waals surface area contributed by atoms with Crippen molar-refractivity contribution in [3.63, 3.8) is 0 Å². The summed E-state index contributed by atoms with van der Waals surface area (Å²) in [5.74, 6) is -0.283. The zero-order valence-electron chi connectivity index (χ0n) is 12.5. The molecule has 1 aromatic carbocycles. The summed E-state index contributed by atoms with van der Waals surface area (Å²) in [7, 11) is 1.64. The van der Waals surface area contributed by atoms with E-state index in [9.17, 15) is 9.59 Å². The Labute approximate surface area is 139 Å². The lowest BCUT2D eigenvalue weighted by Crippen LogP contribution is -2.28. The first-order chi connectivity index (χ1) is 10.6. The standard InChI is InChI=1S/C16H16N2O2S2/c1-3-4-9-18-11-8-6-5-7-10(11)12(14(18)19)13-15(20)17(2)16(21)22-13/h5-8H,3-4,9H2,1-2H3/b13-12-. The van der Waals surface area contributed by atoms with Crippen LogP contribution in [0.1, 0.15) is 25.3 Å². The Kier molecular flexibility index (Phi) is 4.06. The number of hydrogen-bond donors (Lipinski definition) is 0. The summed E-state index contributed by atoms with van der Waals surface area (Å²) in [5.41, 5.74) is 2.21. The number of thiocarbonyl (C=S) groups is 1. The van der Waals surface area contributed by atoms with E-state index in [1.165, 1.54) is 16.7 Å². The SMILES string of the molecule is CCCCN1C(=O)/C(=C2\SC(=S)N(C)C2=O)c2ccccc21. The predicted molar refractivity (Wildman–Crippen MR) is 93.6 cm³/mol. The highest BCUT2D eigenvalue weighted by molar-refractivity contribution is 8.26. The maximum Gasteiger partial charge on any atom is 0.266 e. The van der Waals surface area contributed by atoms with E-state index in [2.05, 4.69) is 6.92 Å². The number of hydrogen-bond acceptors (Lipinski definition) is 4. The third-order valence-electron chi connectivity index (χ3n) is 3.85. The Hall–Kier alpha value is -1.66. The second-order valence-corrected chi connectivity index (χ2v) is 6.91. The highest BCUT2D eigenvalue weighted by atomic mass is 32.2. The maximum atomic E-state index is 12.9. The number of nitrogens with zero attached hydrogens (tertiary/aromatic N) is 2. The van der Waals surface area contributed by atoms with Gasteiger partial charge in [0.25, 0.3) is 11.8 Å². The van der Waals surface area contributed by atoms with Crippen LogP contribution in [0.3, 0.4) is 0 Å². The molecule has 2 aliphatic rings. The first-order valence-corrected chi connectivity index (χ1v) is 8.44. The molecule has 0 aliphatic carbocycles. The number of fused-ring (bicyclic) bond motifs is 1. The van der Waals surface area contributed by atoms with E-state index in [1.54, 1.807) is 11.9 Å². The zero-order chi connectivity index (χ0) is 15.9. The topological polar surface area (TPSA) is 40.6 Å². The fourth-order valence-corrected chi connectivity index (χ4v) is 3.88. The predicted octanol–water partition coefficient (Wildman–Crippen LogP) is 3.03. The van der Waals surface area contributed by atoms with Gasteiger partial charge in [0.2, 0.25) is 0 Å². The molecule has 0 saturated carbocycles. The van der Waals surface area contributed by atoms with Crippen LogP contribution in [-0.2, 0) is 9.59 Å². The lowest BCUT2D eigenvalue weighted by molar-refractivity contribution is -0.121. The summed E-state index contributed by atoms with van der Waals surface area (Å²) in [4.78, 5) is 28.9. The zero-order valence-corrected chi connectivity index (χ0v) is 14.1. The van der Waals surface area contributed by atoms with Crippen LogP contribution in [0.2, 0.25) is 0 Å². The molecule has 0 atom stereocenters. The number of carbonyl (C=O) groups excluding carboxylic acids is 2. The minimum absolute atomic E-state index is 0.0939. The minimum Gasteiger partial charge on any atom is -0.308 e. The summed E-state index contributed by atoms with van der Waals surface area (Å²) in [6, 6.07) is 7.64. The molecule has 4 nitrogen and oxygen atoms in total. The third-order valence-corrected chi connectivity index (χ3v) is 5.40. The van der Waals surface area contributed by atoms with Gasteiger partial charge in [-0.25, -0.2) is 0 Å². The number of para-hydroxylation sites is 1. The minimum atomic E-state index is -0.189. The molecule has 6 heteroatoms. The largest absolute Gasteiger partial charge is 0.308 e. The molecule has 22 heavy (non-hydrogen) atoms. The molecule has 2 heterocycles. The lowest BCUT2D eigenvalue weighted by Gasteiger charge is -2.16. The van der Waals surface area contributed by atoms with Gasteiger partial charge in [-0.15, -0.1) is 0 Å². The van der Waals surface area contributed by atoms with Crippen molar-refractivity contribution in [2.24, 2.45) is 0 Å². The molecule has 3 rings (SSSR count). The Balaban J connectivity index is 2.12. The first kappa shape index (κ1) is 15.2. The summed E-state index contributed by atoms with van der Waals surface area (Å²) >= 11 is 6.39. The number of thioether (sulfide) groups is 1. The van der Waals surface area contributed by atoms with Gasteiger partial charge in [-0.1, -0.05) is 55.5 Å². The Morgan fingerprint density at radius 1 is 1.18 bits per heavy atom. The Bertz CT molecular complexity index is 712. The van der Waals surface area contributed by atoms with Crippen molar-refractivity contribution in [1.82, 2.24) is 4.90 Å². The van der Waals surface area contributed by atoms with Crippen molar-refractivity contribution in [3.05, 3.63) is 34.7 Å².